The second-order valence-electron chi connectivity index (χ2n) is 4.78. The molecule has 3 nitrogen and oxygen atoms in total. The summed E-state index contributed by atoms with van der Waals surface area (Å²) in [5, 5.41) is 0.759. The minimum Gasteiger partial charge on any atom is -0.377 e. The second kappa shape index (κ2) is 5.88. The number of benzene rings is 1. The summed E-state index contributed by atoms with van der Waals surface area (Å²) >= 11 is 9.65. The van der Waals surface area contributed by atoms with Gasteiger partial charge in [-0.3, -0.25) is 11.3 Å². The molecule has 1 aromatic carbocycles. The molecular formula is C13H18BrClN2O. The molecule has 3 N–H and O–H groups in total. The summed E-state index contributed by atoms with van der Waals surface area (Å²) in [5.41, 5.74) is 3.85. The Balaban J connectivity index is 2.15. The van der Waals surface area contributed by atoms with Gasteiger partial charge in [-0.25, -0.2) is 0 Å². The van der Waals surface area contributed by atoms with E-state index in [4.69, 9.17) is 22.2 Å². The molecule has 0 amide bonds. The van der Waals surface area contributed by atoms with Crippen LogP contribution in [0.3, 0.4) is 0 Å². The van der Waals surface area contributed by atoms with Gasteiger partial charge in [-0.05, 0) is 43.4 Å². The molecule has 1 atom stereocenters. The highest BCUT2D eigenvalue weighted by Gasteiger charge is 2.44. The minimum absolute atomic E-state index is 0.0925. The van der Waals surface area contributed by atoms with Crippen molar-refractivity contribution >= 4 is 27.5 Å². The van der Waals surface area contributed by atoms with Crippen LogP contribution in [0, 0.1) is 0 Å². The number of ether oxygens (including phenoxy) is 1. The van der Waals surface area contributed by atoms with Gasteiger partial charge in [-0.2, -0.15) is 0 Å². The molecule has 1 aromatic rings. The van der Waals surface area contributed by atoms with E-state index in [2.05, 4.69) is 21.4 Å². The van der Waals surface area contributed by atoms with Crippen molar-refractivity contribution in [3.8, 4) is 0 Å². The molecule has 0 radical (unpaired) electrons. The lowest BCUT2D eigenvalue weighted by Crippen LogP contribution is -2.59. The van der Waals surface area contributed by atoms with Gasteiger partial charge in [0, 0.05) is 16.6 Å². The summed E-state index contributed by atoms with van der Waals surface area (Å²) in [4.78, 5) is 0. The van der Waals surface area contributed by atoms with Crippen molar-refractivity contribution in [3.05, 3.63) is 33.3 Å². The number of hydrogen-bond acceptors (Lipinski definition) is 3. The Labute approximate surface area is 121 Å². The third kappa shape index (κ3) is 2.73. The molecule has 0 aliphatic heterocycles. The number of hydrogen-bond donors (Lipinski definition) is 2. The van der Waals surface area contributed by atoms with Crippen molar-refractivity contribution in [2.45, 2.75) is 37.3 Å². The maximum atomic E-state index is 6.25. The van der Waals surface area contributed by atoms with E-state index in [9.17, 15) is 0 Å². The number of nitrogens with two attached hydrogens (primary N) is 1. The Hall–Kier alpha value is -0.130. The van der Waals surface area contributed by atoms with Gasteiger partial charge in [0.05, 0.1) is 11.6 Å². The molecular weight excluding hydrogens is 316 g/mol. The Kier molecular flexibility index (Phi) is 4.67. The number of nitrogens with one attached hydrogen (secondary N) is 1. The predicted octanol–water partition coefficient (Wildman–Crippen LogP) is 3.05. The van der Waals surface area contributed by atoms with Crippen molar-refractivity contribution < 1.29 is 4.74 Å². The fourth-order valence-electron chi connectivity index (χ4n) is 2.52. The first-order chi connectivity index (χ1) is 8.61. The molecule has 1 fully saturated rings. The average molecular weight is 334 g/mol. The van der Waals surface area contributed by atoms with Crippen LogP contribution in [-0.2, 0) is 11.2 Å². The van der Waals surface area contributed by atoms with E-state index >= 15 is 0 Å². The summed E-state index contributed by atoms with van der Waals surface area (Å²) in [6.45, 7) is 0. The summed E-state index contributed by atoms with van der Waals surface area (Å²) in [6.07, 6.45) is 4.07. The Morgan fingerprint density at radius 1 is 1.56 bits per heavy atom. The van der Waals surface area contributed by atoms with Gasteiger partial charge in [0.25, 0.3) is 0 Å². The van der Waals surface area contributed by atoms with Crippen LogP contribution in [0.4, 0.5) is 0 Å². The van der Waals surface area contributed by atoms with E-state index in [0.29, 0.717) is 0 Å². The molecule has 100 valence electrons. The topological polar surface area (TPSA) is 47.3 Å². The third-order valence-corrected chi connectivity index (χ3v) is 4.73. The van der Waals surface area contributed by atoms with Crippen LogP contribution < -0.4 is 11.3 Å². The fourth-order valence-corrected chi connectivity index (χ4v) is 3.27. The largest absolute Gasteiger partial charge is 0.377 e. The number of rotatable bonds is 5. The molecule has 18 heavy (non-hydrogen) atoms. The van der Waals surface area contributed by atoms with Gasteiger partial charge in [0.15, 0.2) is 0 Å². The molecule has 0 spiro atoms. The Morgan fingerprint density at radius 2 is 2.28 bits per heavy atom. The minimum atomic E-state index is -0.134. The lowest BCUT2D eigenvalue weighted by atomic mass is 9.73. The molecule has 0 aromatic heterocycles. The highest BCUT2D eigenvalue weighted by Crippen LogP contribution is 2.39. The summed E-state index contributed by atoms with van der Waals surface area (Å²) in [7, 11) is 1.76. The summed E-state index contributed by atoms with van der Waals surface area (Å²) < 4.78 is 6.65. The highest BCUT2D eigenvalue weighted by atomic mass is 79.9. The highest BCUT2D eigenvalue weighted by molar-refractivity contribution is 9.10. The standard InChI is InChI=1S/C13H18BrClN2O/c1-18-13(5-2-6-13)12(17-16)7-9-3-4-10(14)8-11(9)15/h3-4,8,12,17H,2,5-7,16H2,1H3. The van der Waals surface area contributed by atoms with Gasteiger partial charge < -0.3 is 4.74 Å². The smallest absolute Gasteiger partial charge is 0.0847 e. The zero-order chi connectivity index (χ0) is 13.2. The first-order valence-corrected chi connectivity index (χ1v) is 7.23. The van der Waals surface area contributed by atoms with Crippen LogP contribution in [-0.4, -0.2) is 18.8 Å². The molecule has 5 heteroatoms. The van der Waals surface area contributed by atoms with E-state index in [0.717, 1.165) is 34.3 Å². The monoisotopic (exact) mass is 332 g/mol. The van der Waals surface area contributed by atoms with Crippen LogP contribution in [0.15, 0.2) is 22.7 Å². The van der Waals surface area contributed by atoms with Gasteiger partial charge in [-0.1, -0.05) is 33.6 Å². The van der Waals surface area contributed by atoms with Crippen molar-refractivity contribution in [2.24, 2.45) is 5.84 Å². The first kappa shape index (κ1) is 14.3. The van der Waals surface area contributed by atoms with Crippen LogP contribution in [0.5, 0.6) is 0 Å². The first-order valence-electron chi connectivity index (χ1n) is 6.06. The van der Waals surface area contributed by atoms with Crippen LogP contribution in [0.1, 0.15) is 24.8 Å². The summed E-state index contributed by atoms with van der Waals surface area (Å²) in [5.74, 6) is 5.69. The van der Waals surface area contributed by atoms with Gasteiger partial charge in [0.1, 0.15) is 0 Å². The zero-order valence-corrected chi connectivity index (χ0v) is 12.7. The van der Waals surface area contributed by atoms with Crippen LogP contribution in [0.2, 0.25) is 5.02 Å². The Bertz CT molecular complexity index is 418. The molecule has 0 saturated heterocycles. The zero-order valence-electron chi connectivity index (χ0n) is 10.4. The van der Waals surface area contributed by atoms with E-state index in [1.165, 1.54) is 6.42 Å². The average Bonchev–Trinajstić information content (AvgIpc) is 2.29. The van der Waals surface area contributed by atoms with E-state index in [1.807, 2.05) is 18.2 Å². The third-order valence-electron chi connectivity index (χ3n) is 3.88. The van der Waals surface area contributed by atoms with Crippen molar-refractivity contribution in [3.63, 3.8) is 0 Å². The summed E-state index contributed by atoms with van der Waals surface area (Å²) in [6, 6.07) is 6.02. The fraction of sp³-hybridized carbons (Fsp3) is 0.538. The van der Waals surface area contributed by atoms with Crippen molar-refractivity contribution in [1.29, 1.82) is 0 Å². The van der Waals surface area contributed by atoms with E-state index in [-0.39, 0.29) is 11.6 Å². The van der Waals surface area contributed by atoms with Gasteiger partial charge in [0.2, 0.25) is 0 Å². The molecule has 0 bridgehead atoms. The van der Waals surface area contributed by atoms with Gasteiger partial charge >= 0.3 is 0 Å². The lowest BCUT2D eigenvalue weighted by Gasteiger charge is -2.46. The predicted molar refractivity (Wildman–Crippen MR) is 77.6 cm³/mol. The Morgan fingerprint density at radius 3 is 2.72 bits per heavy atom. The molecule has 0 heterocycles. The number of halogens is 2. The van der Waals surface area contributed by atoms with E-state index < -0.39 is 0 Å². The van der Waals surface area contributed by atoms with Crippen molar-refractivity contribution in [2.75, 3.05) is 7.11 Å². The van der Waals surface area contributed by atoms with Crippen LogP contribution in [0.25, 0.3) is 0 Å². The second-order valence-corrected chi connectivity index (χ2v) is 6.10. The van der Waals surface area contributed by atoms with E-state index in [1.54, 1.807) is 7.11 Å². The molecule has 2 rings (SSSR count). The van der Waals surface area contributed by atoms with Gasteiger partial charge in [-0.15, -0.1) is 0 Å². The number of hydrazine groups is 1. The quantitative estimate of drug-likeness (QED) is 0.643. The molecule has 1 unspecified atom stereocenters. The maximum absolute atomic E-state index is 6.25. The number of methoxy groups -OCH3 is 1. The SMILES string of the molecule is COC1(C(Cc2ccc(Br)cc2Cl)NN)CCC1. The van der Waals surface area contributed by atoms with Crippen LogP contribution >= 0.6 is 27.5 Å². The maximum Gasteiger partial charge on any atom is 0.0847 e. The molecule has 1 aliphatic carbocycles. The van der Waals surface area contributed by atoms with Crippen molar-refractivity contribution in [1.82, 2.24) is 5.43 Å². The molecule has 1 saturated carbocycles. The lowest BCUT2D eigenvalue weighted by molar-refractivity contribution is -0.0982. The normalized spacial score (nSPS) is 19.3. The molecule has 1 aliphatic rings.